The Hall–Kier alpha value is -3.15. The molecule has 0 amide bonds. The minimum absolute atomic E-state index is 0.128. The van der Waals surface area contributed by atoms with Crippen molar-refractivity contribution < 1.29 is 9.66 Å². The molecule has 184 valence electrons. The molecule has 0 atom stereocenters. The fourth-order valence-corrected chi connectivity index (χ4v) is 4.57. The Labute approximate surface area is 227 Å². The molecule has 36 heavy (non-hydrogen) atoms. The summed E-state index contributed by atoms with van der Waals surface area (Å²) in [5.41, 5.74) is 0.0233. The predicted molar refractivity (Wildman–Crippen MR) is 146 cm³/mol. The van der Waals surface area contributed by atoms with Crippen molar-refractivity contribution >= 4 is 66.3 Å². The lowest BCUT2D eigenvalue weighted by molar-refractivity contribution is -0.385. The lowest BCUT2D eigenvalue weighted by Gasteiger charge is -2.21. The highest BCUT2D eigenvalue weighted by Crippen LogP contribution is 2.35. The Balaban J connectivity index is 1.83. The first-order valence-electron chi connectivity index (χ1n) is 10.5. The van der Waals surface area contributed by atoms with E-state index >= 15 is 0 Å². The number of hydrogen-bond acceptors (Lipinski definition) is 7. The van der Waals surface area contributed by atoms with Crippen molar-refractivity contribution in [2.45, 2.75) is 26.2 Å². The van der Waals surface area contributed by atoms with Gasteiger partial charge in [0.15, 0.2) is 5.75 Å². The number of nitrogens with zero attached hydrogens (tertiary/aromatic N) is 5. The summed E-state index contributed by atoms with van der Waals surface area (Å²) in [4.78, 5) is 32.5. The highest BCUT2D eigenvalue weighted by molar-refractivity contribution is 9.10. The van der Waals surface area contributed by atoms with Gasteiger partial charge in [-0.25, -0.2) is 9.97 Å². The molecular formula is C24H18Br2ClN5O4. The zero-order chi connectivity index (χ0) is 26.2. The van der Waals surface area contributed by atoms with Gasteiger partial charge in [-0.15, -0.1) is 0 Å². The number of benzene rings is 2. The monoisotopic (exact) mass is 633 g/mol. The van der Waals surface area contributed by atoms with Gasteiger partial charge in [-0.3, -0.25) is 14.9 Å². The van der Waals surface area contributed by atoms with E-state index in [0.29, 0.717) is 37.5 Å². The van der Waals surface area contributed by atoms with Crippen molar-refractivity contribution in [2.75, 3.05) is 0 Å². The third-order valence-corrected chi connectivity index (χ3v) is 6.27. The van der Waals surface area contributed by atoms with Crippen molar-refractivity contribution in [2.24, 2.45) is 5.10 Å². The molecule has 0 bridgehead atoms. The van der Waals surface area contributed by atoms with Crippen LogP contribution >= 0.6 is 43.5 Å². The molecule has 0 aliphatic heterocycles. The number of aromatic nitrogens is 3. The van der Waals surface area contributed by atoms with Crippen molar-refractivity contribution in [1.29, 1.82) is 0 Å². The third kappa shape index (κ3) is 5.48. The Bertz CT molecular complexity index is 1580. The first-order chi connectivity index (χ1) is 16.9. The molecule has 2 aromatic carbocycles. The van der Waals surface area contributed by atoms with Gasteiger partial charge in [-0.1, -0.05) is 48.3 Å². The summed E-state index contributed by atoms with van der Waals surface area (Å²) in [7, 11) is 0. The van der Waals surface area contributed by atoms with Crippen LogP contribution in [0.3, 0.4) is 0 Å². The molecule has 12 heteroatoms. The largest absolute Gasteiger partial charge is 0.437 e. The summed E-state index contributed by atoms with van der Waals surface area (Å²) in [6, 6.07) is 11.2. The fourth-order valence-electron chi connectivity index (χ4n) is 3.29. The van der Waals surface area contributed by atoms with Crippen LogP contribution < -0.4 is 10.3 Å². The Kier molecular flexibility index (Phi) is 7.26. The zero-order valence-electron chi connectivity index (χ0n) is 19.2. The van der Waals surface area contributed by atoms with Gasteiger partial charge in [0.1, 0.15) is 12.0 Å². The highest BCUT2D eigenvalue weighted by atomic mass is 79.9. The number of hydrogen-bond donors (Lipinski definition) is 0. The first kappa shape index (κ1) is 25.9. The van der Waals surface area contributed by atoms with E-state index in [4.69, 9.17) is 21.3 Å². The molecule has 4 rings (SSSR count). The normalized spacial score (nSPS) is 11.8. The molecule has 0 N–H and O–H groups in total. The van der Waals surface area contributed by atoms with Gasteiger partial charge in [0.2, 0.25) is 5.88 Å². The van der Waals surface area contributed by atoms with E-state index in [9.17, 15) is 14.9 Å². The summed E-state index contributed by atoms with van der Waals surface area (Å²) in [6.45, 7) is 5.82. The smallest absolute Gasteiger partial charge is 0.287 e. The van der Waals surface area contributed by atoms with Crippen molar-refractivity contribution in [3.8, 4) is 11.6 Å². The van der Waals surface area contributed by atoms with Gasteiger partial charge in [0.25, 0.3) is 11.2 Å². The SMILES string of the molecule is CC(C)(C)c1nc2ccc(Br)cc2c(=O)n1N=Cc1cc(Cl)cc(Br)c1Oc1ccc([N+](=O)[O-])cn1. The van der Waals surface area contributed by atoms with Crippen LogP contribution in [-0.4, -0.2) is 25.8 Å². The van der Waals surface area contributed by atoms with Crippen LogP contribution in [0.4, 0.5) is 5.69 Å². The predicted octanol–water partition coefficient (Wildman–Crippen LogP) is 6.85. The van der Waals surface area contributed by atoms with Crippen LogP contribution in [0.5, 0.6) is 11.6 Å². The van der Waals surface area contributed by atoms with Crippen LogP contribution in [0.2, 0.25) is 5.02 Å². The lowest BCUT2D eigenvalue weighted by atomic mass is 9.95. The molecule has 0 unspecified atom stereocenters. The number of rotatable bonds is 5. The van der Waals surface area contributed by atoms with Crippen molar-refractivity contribution in [3.05, 3.63) is 94.5 Å². The van der Waals surface area contributed by atoms with E-state index in [1.54, 1.807) is 24.3 Å². The Morgan fingerprint density at radius 1 is 1.17 bits per heavy atom. The number of pyridine rings is 1. The second-order valence-corrected chi connectivity index (χ2v) is 10.9. The van der Waals surface area contributed by atoms with Gasteiger partial charge in [-0.05, 0) is 46.3 Å². The van der Waals surface area contributed by atoms with E-state index in [1.165, 1.54) is 23.0 Å². The zero-order valence-corrected chi connectivity index (χ0v) is 23.1. The summed E-state index contributed by atoms with van der Waals surface area (Å²) in [6.07, 6.45) is 2.54. The summed E-state index contributed by atoms with van der Waals surface area (Å²) < 4.78 is 8.40. The minimum atomic E-state index is -0.548. The summed E-state index contributed by atoms with van der Waals surface area (Å²) >= 11 is 13.1. The molecule has 0 aliphatic carbocycles. The molecule has 4 aromatic rings. The van der Waals surface area contributed by atoms with E-state index < -0.39 is 10.3 Å². The van der Waals surface area contributed by atoms with Crippen LogP contribution in [0.15, 0.2) is 67.5 Å². The molecule has 0 spiro atoms. The maximum absolute atomic E-state index is 13.4. The molecule has 2 aromatic heterocycles. The van der Waals surface area contributed by atoms with Gasteiger partial charge >= 0.3 is 0 Å². The standard InChI is InChI=1S/C24H18Br2ClN5O4/c1-24(2,3)23-30-19-6-4-14(25)9-17(19)22(33)31(23)29-11-13-8-15(27)10-18(26)21(13)36-20-7-5-16(12-28-20)32(34)35/h4-12H,1-3H3. The second-order valence-electron chi connectivity index (χ2n) is 8.73. The lowest BCUT2D eigenvalue weighted by Crippen LogP contribution is -2.29. The average molecular weight is 636 g/mol. The van der Waals surface area contributed by atoms with E-state index in [0.717, 1.165) is 10.7 Å². The van der Waals surface area contributed by atoms with E-state index in [1.807, 2.05) is 26.8 Å². The molecule has 0 saturated carbocycles. The number of fused-ring (bicyclic) bond motifs is 1. The van der Waals surface area contributed by atoms with Gasteiger partial charge in [0, 0.05) is 32.6 Å². The summed E-state index contributed by atoms with van der Waals surface area (Å²) in [5, 5.41) is 16.2. The van der Waals surface area contributed by atoms with Crippen LogP contribution in [-0.2, 0) is 5.41 Å². The minimum Gasteiger partial charge on any atom is -0.437 e. The summed E-state index contributed by atoms with van der Waals surface area (Å²) in [5.74, 6) is 0.911. The first-order valence-corrected chi connectivity index (χ1v) is 12.4. The molecule has 0 aliphatic rings. The molecular weight excluding hydrogens is 618 g/mol. The molecule has 0 saturated heterocycles. The van der Waals surface area contributed by atoms with Crippen LogP contribution in [0, 0.1) is 10.1 Å². The molecule has 0 fully saturated rings. The van der Waals surface area contributed by atoms with E-state index in [-0.39, 0.29) is 17.1 Å². The second kappa shape index (κ2) is 10.1. The van der Waals surface area contributed by atoms with Crippen LogP contribution in [0.25, 0.3) is 10.9 Å². The molecule has 2 heterocycles. The average Bonchev–Trinajstić information content (AvgIpc) is 2.80. The number of halogens is 3. The third-order valence-electron chi connectivity index (χ3n) is 4.97. The van der Waals surface area contributed by atoms with Gasteiger partial charge in [-0.2, -0.15) is 9.78 Å². The van der Waals surface area contributed by atoms with Gasteiger partial charge < -0.3 is 4.74 Å². The molecule has 0 radical (unpaired) electrons. The maximum atomic E-state index is 13.4. The Morgan fingerprint density at radius 2 is 1.92 bits per heavy atom. The van der Waals surface area contributed by atoms with Crippen molar-refractivity contribution in [3.63, 3.8) is 0 Å². The maximum Gasteiger partial charge on any atom is 0.287 e. The topological polar surface area (TPSA) is 113 Å². The Morgan fingerprint density at radius 3 is 2.56 bits per heavy atom. The van der Waals surface area contributed by atoms with Crippen molar-refractivity contribution in [1.82, 2.24) is 14.6 Å². The fraction of sp³-hybridized carbons (Fsp3) is 0.167. The van der Waals surface area contributed by atoms with Gasteiger partial charge in [0.05, 0.1) is 26.5 Å². The quantitative estimate of drug-likeness (QED) is 0.135. The number of nitro groups is 1. The van der Waals surface area contributed by atoms with Crippen LogP contribution in [0.1, 0.15) is 32.2 Å². The van der Waals surface area contributed by atoms with E-state index in [2.05, 4.69) is 41.9 Å². The molecule has 9 nitrogen and oxygen atoms in total. The highest BCUT2D eigenvalue weighted by Gasteiger charge is 2.23. The number of ether oxygens (including phenoxy) is 1.